The molecule has 2 N–H and O–H groups in total. The molecule has 5 heterocycles. The van der Waals surface area contributed by atoms with Gasteiger partial charge in [0.1, 0.15) is 0 Å². The minimum atomic E-state index is -0.898. The Labute approximate surface area is 260 Å². The second kappa shape index (κ2) is 12.4. The van der Waals surface area contributed by atoms with Gasteiger partial charge >= 0.3 is 29.0 Å². The summed E-state index contributed by atoms with van der Waals surface area (Å²) in [7, 11) is 0. The molecule has 8 nitrogen and oxygen atoms in total. The van der Waals surface area contributed by atoms with E-state index in [2.05, 4.69) is 13.2 Å². The molecule has 2 aliphatic rings. The molecular formula is C34H32CuN4O4. The molecule has 223 valence electrons. The average Bonchev–Trinajstić information content (AvgIpc) is 3.59. The van der Waals surface area contributed by atoms with Crippen LogP contribution in [0.4, 0.5) is 0 Å². The van der Waals surface area contributed by atoms with E-state index in [1.54, 1.807) is 12.2 Å². The Kier molecular flexibility index (Phi) is 9.09. The third-order valence-electron chi connectivity index (χ3n) is 8.06. The molecule has 3 aromatic heterocycles. The van der Waals surface area contributed by atoms with E-state index < -0.39 is 11.9 Å². The maximum atomic E-state index is 11.5. The van der Waals surface area contributed by atoms with Gasteiger partial charge in [0.15, 0.2) is 0 Å². The fraction of sp³-hybridized carbons (Fsp3) is 0.235. The number of hydrogen-bond donors (Lipinski definition) is 2. The van der Waals surface area contributed by atoms with Crippen LogP contribution < -0.4 is 9.97 Å². The van der Waals surface area contributed by atoms with Crippen LogP contribution in [0.2, 0.25) is 0 Å². The first-order chi connectivity index (χ1) is 20.0. The van der Waals surface area contributed by atoms with Crippen molar-refractivity contribution in [3.05, 3.63) is 88.5 Å². The fourth-order valence-corrected chi connectivity index (χ4v) is 5.61. The Morgan fingerprint density at radius 2 is 1.26 bits per heavy atom. The van der Waals surface area contributed by atoms with Crippen LogP contribution in [0, 0.1) is 13.8 Å². The molecule has 0 unspecified atom stereocenters. The Morgan fingerprint density at radius 3 is 1.91 bits per heavy atom. The van der Waals surface area contributed by atoms with E-state index in [1.165, 1.54) is 0 Å². The minimum absolute atomic E-state index is 0. The maximum absolute atomic E-state index is 11.5. The van der Waals surface area contributed by atoms with Gasteiger partial charge in [-0.1, -0.05) is 66.3 Å². The predicted octanol–water partition coefficient (Wildman–Crippen LogP) is 6.76. The number of hydrogen-bond acceptors (Lipinski definition) is 4. The number of fused-ring (bicyclic) bond motifs is 8. The molecule has 0 spiro atoms. The predicted molar refractivity (Wildman–Crippen MR) is 167 cm³/mol. The van der Waals surface area contributed by atoms with Gasteiger partial charge in [0.05, 0.1) is 22.8 Å². The first kappa shape index (κ1) is 31.5. The van der Waals surface area contributed by atoms with Crippen molar-refractivity contribution in [1.82, 2.24) is 19.9 Å². The normalized spacial score (nSPS) is 12.7. The van der Waals surface area contributed by atoms with Crippen LogP contribution in [0.3, 0.4) is 0 Å². The van der Waals surface area contributed by atoms with Crippen LogP contribution >= 0.6 is 0 Å². The summed E-state index contributed by atoms with van der Waals surface area (Å²) < 4.78 is 0. The van der Waals surface area contributed by atoms with Gasteiger partial charge in [0.2, 0.25) is 0 Å². The number of aliphatic carboxylic acids is 2. The van der Waals surface area contributed by atoms with Crippen molar-refractivity contribution in [2.24, 2.45) is 0 Å². The number of rotatable bonds is 8. The second-order valence-corrected chi connectivity index (χ2v) is 10.6. The maximum Gasteiger partial charge on any atom is 2.00 e. The Balaban J connectivity index is 0.00000423. The van der Waals surface area contributed by atoms with Gasteiger partial charge in [-0.25, -0.2) is 9.97 Å². The standard InChI is InChI=1S/C34H34N4O4.Cu/c1-7-21-17(3)25-13-26-19(5)23(9-11-33(39)40)31(37-26)16-32-24(10-12-34(41)42)20(6)28(38-32)15-30-22(8-2)18(4)27(36-30)14-29(21)35-25;/h7-8,13-16H,1-2,9-12H2,3-6H3,(H4,35,36,37,38,39,40,41,42);/q;+2/p-2. The monoisotopic (exact) mass is 623 g/mol. The van der Waals surface area contributed by atoms with E-state index in [0.717, 1.165) is 61.3 Å². The summed E-state index contributed by atoms with van der Waals surface area (Å²) in [5.74, 6) is -1.80. The summed E-state index contributed by atoms with van der Waals surface area (Å²) in [6, 6.07) is 7.62. The molecule has 8 bridgehead atoms. The zero-order valence-corrected chi connectivity index (χ0v) is 25.4. The summed E-state index contributed by atoms with van der Waals surface area (Å²) in [4.78, 5) is 42.7. The van der Waals surface area contributed by atoms with Crippen LogP contribution in [-0.2, 0) is 33.1 Å². The van der Waals surface area contributed by atoms with Crippen molar-refractivity contribution in [3.8, 4) is 0 Å². The molecule has 0 fully saturated rings. The molecule has 9 heteroatoms. The number of carboxylic acids is 2. The van der Waals surface area contributed by atoms with E-state index in [1.807, 2.05) is 52.0 Å². The number of carboxylic acid groups (broad SMARTS) is 2. The van der Waals surface area contributed by atoms with Crippen molar-refractivity contribution in [2.45, 2.75) is 53.4 Å². The van der Waals surface area contributed by atoms with Crippen molar-refractivity contribution in [3.63, 3.8) is 0 Å². The smallest absolute Gasteiger partial charge is 0.657 e. The molecule has 0 aliphatic carbocycles. The topological polar surface area (TPSA) is 129 Å². The SMILES string of the molecule is C=CC1=C(C)c2cc3[n-]c(cc4nc(cc5[n-]c(cc1n2)c(C)c5CCC(=O)O)C(CCC(=O)O)=C4C)c(C)c3C=C.[Cu+2]. The third kappa shape index (κ3) is 5.91. The van der Waals surface area contributed by atoms with E-state index in [0.29, 0.717) is 41.0 Å². The summed E-state index contributed by atoms with van der Waals surface area (Å²) in [6.07, 6.45) is 4.06. The van der Waals surface area contributed by atoms with Crippen LogP contribution in [-0.4, -0.2) is 32.1 Å². The minimum Gasteiger partial charge on any atom is -0.657 e. The van der Waals surface area contributed by atoms with Crippen molar-refractivity contribution in [2.75, 3.05) is 0 Å². The number of aromatic nitrogens is 4. The van der Waals surface area contributed by atoms with Crippen molar-refractivity contribution < 1.29 is 36.9 Å². The number of allylic oxidation sites excluding steroid dienone is 5. The van der Waals surface area contributed by atoms with Crippen LogP contribution in [0.25, 0.3) is 50.4 Å². The van der Waals surface area contributed by atoms with Crippen LogP contribution in [0.15, 0.2) is 43.5 Å². The quantitative estimate of drug-likeness (QED) is 0.263. The average molecular weight is 624 g/mol. The molecule has 1 radical (unpaired) electrons. The number of nitrogens with zero attached hydrogens (tertiary/aromatic N) is 4. The third-order valence-corrected chi connectivity index (χ3v) is 8.06. The van der Waals surface area contributed by atoms with Gasteiger partial charge in [-0.05, 0) is 62.8 Å². The van der Waals surface area contributed by atoms with Gasteiger partial charge in [-0.2, -0.15) is 0 Å². The van der Waals surface area contributed by atoms with Gasteiger partial charge in [0, 0.05) is 18.4 Å². The molecule has 0 saturated carbocycles. The largest absolute Gasteiger partial charge is 2.00 e. The summed E-state index contributed by atoms with van der Waals surface area (Å²) in [6.45, 7) is 15.9. The van der Waals surface area contributed by atoms with Crippen molar-refractivity contribution in [1.29, 1.82) is 0 Å². The molecule has 0 atom stereocenters. The van der Waals surface area contributed by atoms with Gasteiger partial charge in [-0.3, -0.25) is 9.59 Å². The summed E-state index contributed by atoms with van der Waals surface area (Å²) in [5, 5.41) is 18.9. The van der Waals surface area contributed by atoms with Gasteiger partial charge in [0.25, 0.3) is 0 Å². The van der Waals surface area contributed by atoms with E-state index in [9.17, 15) is 19.8 Å². The van der Waals surface area contributed by atoms with Crippen LogP contribution in [0.5, 0.6) is 0 Å². The fourth-order valence-electron chi connectivity index (χ4n) is 5.61. The summed E-state index contributed by atoms with van der Waals surface area (Å²) >= 11 is 0. The van der Waals surface area contributed by atoms with E-state index >= 15 is 0 Å². The molecular weight excluding hydrogens is 592 g/mol. The first-order valence-electron chi connectivity index (χ1n) is 13.8. The first-order valence-corrected chi connectivity index (χ1v) is 13.8. The molecule has 0 amide bonds. The summed E-state index contributed by atoms with van der Waals surface area (Å²) in [5.41, 5.74) is 12.6. The molecule has 43 heavy (non-hydrogen) atoms. The van der Waals surface area contributed by atoms with Crippen LogP contribution in [0.1, 0.15) is 78.1 Å². The molecule has 0 saturated heterocycles. The Hall–Kier alpha value is -4.46. The number of aryl methyl sites for hydroxylation is 3. The van der Waals surface area contributed by atoms with E-state index in [-0.39, 0.29) is 29.9 Å². The second-order valence-electron chi connectivity index (χ2n) is 10.6. The Bertz CT molecular complexity index is 1920. The zero-order chi connectivity index (χ0) is 30.3. The molecule has 5 rings (SSSR count). The molecule has 3 aromatic rings. The Morgan fingerprint density at radius 1 is 0.721 bits per heavy atom. The molecule has 0 aromatic carbocycles. The van der Waals surface area contributed by atoms with Crippen molar-refractivity contribution >= 4 is 62.4 Å². The number of carbonyl (C=O) groups is 2. The molecule has 2 aliphatic heterocycles. The van der Waals surface area contributed by atoms with Gasteiger partial charge < -0.3 is 20.2 Å². The van der Waals surface area contributed by atoms with E-state index in [4.69, 9.17) is 19.9 Å². The van der Waals surface area contributed by atoms with Gasteiger partial charge in [-0.15, -0.1) is 22.1 Å². The zero-order valence-electron chi connectivity index (χ0n) is 24.5.